The van der Waals surface area contributed by atoms with Crippen LogP contribution >= 0.6 is 0 Å². The van der Waals surface area contributed by atoms with E-state index in [0.717, 1.165) is 25.8 Å². The fourth-order valence-electron chi connectivity index (χ4n) is 1.56. The first-order valence-electron chi connectivity index (χ1n) is 4.18. The van der Waals surface area contributed by atoms with Gasteiger partial charge in [-0.15, -0.1) is 6.58 Å². The van der Waals surface area contributed by atoms with Crippen LogP contribution in [0, 0.1) is 0 Å². The summed E-state index contributed by atoms with van der Waals surface area (Å²) in [4.78, 5) is 12.8. The Morgan fingerprint density at radius 3 is 3.00 bits per heavy atom. The van der Waals surface area contributed by atoms with Crippen LogP contribution in [0.5, 0.6) is 0 Å². The van der Waals surface area contributed by atoms with Crippen LogP contribution in [-0.2, 0) is 4.79 Å². The molecule has 2 heteroatoms. The van der Waals surface area contributed by atoms with Crippen molar-refractivity contribution in [2.24, 2.45) is 0 Å². The average Bonchev–Trinajstić information content (AvgIpc) is 2.06. The van der Waals surface area contributed by atoms with Gasteiger partial charge in [-0.3, -0.25) is 4.90 Å². The minimum Gasteiger partial charge on any atom is -0.302 e. The molecule has 1 aliphatic rings. The maximum absolute atomic E-state index is 10.6. The molecule has 0 amide bonds. The highest BCUT2D eigenvalue weighted by atomic mass is 16.1. The lowest BCUT2D eigenvalue weighted by Crippen LogP contribution is -2.40. The number of hydrogen-bond donors (Lipinski definition) is 0. The van der Waals surface area contributed by atoms with Gasteiger partial charge in [-0.05, 0) is 19.4 Å². The molecule has 0 N–H and O–H groups in total. The minimum absolute atomic E-state index is 0.154. The van der Waals surface area contributed by atoms with Crippen molar-refractivity contribution in [1.29, 1.82) is 0 Å². The van der Waals surface area contributed by atoms with Crippen LogP contribution in [0.3, 0.4) is 0 Å². The molecule has 0 aliphatic carbocycles. The average molecular weight is 153 g/mol. The quantitative estimate of drug-likeness (QED) is 0.449. The Kier molecular flexibility index (Phi) is 3.30. The zero-order chi connectivity index (χ0) is 8.10. The highest BCUT2D eigenvalue weighted by Crippen LogP contribution is 2.14. The van der Waals surface area contributed by atoms with Gasteiger partial charge in [0.15, 0.2) is 0 Å². The van der Waals surface area contributed by atoms with Crippen molar-refractivity contribution in [2.45, 2.75) is 25.3 Å². The predicted molar refractivity (Wildman–Crippen MR) is 45.5 cm³/mol. The molecule has 62 valence electrons. The first kappa shape index (κ1) is 8.47. The summed E-state index contributed by atoms with van der Waals surface area (Å²) in [5.41, 5.74) is 0. The van der Waals surface area contributed by atoms with Gasteiger partial charge >= 0.3 is 0 Å². The van der Waals surface area contributed by atoms with E-state index in [2.05, 4.69) is 11.5 Å². The molecule has 1 rings (SSSR count). The van der Waals surface area contributed by atoms with Crippen LogP contribution in [0.25, 0.3) is 0 Å². The third-order valence-corrected chi connectivity index (χ3v) is 2.18. The molecule has 0 aromatic heterocycles. The first-order chi connectivity index (χ1) is 5.38. The third-order valence-electron chi connectivity index (χ3n) is 2.18. The van der Waals surface area contributed by atoms with Crippen LogP contribution in [0.15, 0.2) is 12.7 Å². The Morgan fingerprint density at radius 2 is 2.36 bits per heavy atom. The molecule has 0 bridgehead atoms. The van der Waals surface area contributed by atoms with E-state index >= 15 is 0 Å². The number of nitrogens with zero attached hydrogens (tertiary/aromatic N) is 1. The first-order valence-corrected chi connectivity index (χ1v) is 4.18. The van der Waals surface area contributed by atoms with Gasteiger partial charge in [-0.2, -0.15) is 0 Å². The Balaban J connectivity index is 2.43. The maximum atomic E-state index is 10.6. The highest BCUT2D eigenvalue weighted by Gasteiger charge is 2.19. The number of rotatable bonds is 3. The molecule has 0 aromatic rings. The van der Waals surface area contributed by atoms with Crippen LogP contribution in [0.4, 0.5) is 0 Å². The fourth-order valence-corrected chi connectivity index (χ4v) is 1.56. The van der Waals surface area contributed by atoms with E-state index in [1.165, 1.54) is 12.8 Å². The van der Waals surface area contributed by atoms with E-state index in [4.69, 9.17) is 0 Å². The molecule has 0 unspecified atom stereocenters. The molecule has 0 radical (unpaired) electrons. The molecule has 0 spiro atoms. The second kappa shape index (κ2) is 4.29. The molecular weight excluding hydrogens is 138 g/mol. The van der Waals surface area contributed by atoms with Gasteiger partial charge in [-0.25, -0.2) is 0 Å². The van der Waals surface area contributed by atoms with Gasteiger partial charge in [0.1, 0.15) is 6.29 Å². The monoisotopic (exact) mass is 153 g/mol. The van der Waals surface area contributed by atoms with Gasteiger partial charge in [0, 0.05) is 6.54 Å². The summed E-state index contributed by atoms with van der Waals surface area (Å²) in [5, 5.41) is 0. The van der Waals surface area contributed by atoms with E-state index in [0.29, 0.717) is 0 Å². The molecule has 1 atom stereocenters. The standard InChI is InChI=1S/C9H15NO/c1-2-6-10-7-4-3-5-9(10)8-11/h2,8-9H,1,3-7H2/t9-/m1/s1. The molecule has 1 aliphatic heterocycles. The van der Waals surface area contributed by atoms with E-state index in [1.807, 2.05) is 6.08 Å². The summed E-state index contributed by atoms with van der Waals surface area (Å²) < 4.78 is 0. The van der Waals surface area contributed by atoms with Gasteiger partial charge in [0.25, 0.3) is 0 Å². The normalized spacial score (nSPS) is 26.4. The summed E-state index contributed by atoms with van der Waals surface area (Å²) in [6.45, 7) is 5.57. The second-order valence-corrected chi connectivity index (χ2v) is 2.98. The molecule has 0 aromatic carbocycles. The SMILES string of the molecule is C=CCN1CCCC[C@@H]1C=O. The van der Waals surface area contributed by atoms with Gasteiger partial charge in [0.05, 0.1) is 6.04 Å². The number of piperidine rings is 1. The van der Waals surface area contributed by atoms with Crippen molar-refractivity contribution >= 4 is 6.29 Å². The van der Waals surface area contributed by atoms with Crippen LogP contribution in [0.1, 0.15) is 19.3 Å². The summed E-state index contributed by atoms with van der Waals surface area (Å²) in [6, 6.07) is 0.154. The third kappa shape index (κ3) is 2.15. The Bertz CT molecular complexity index is 144. The van der Waals surface area contributed by atoms with E-state index < -0.39 is 0 Å². The van der Waals surface area contributed by atoms with E-state index in [9.17, 15) is 4.79 Å². The Hall–Kier alpha value is -0.630. The van der Waals surface area contributed by atoms with Gasteiger partial charge < -0.3 is 4.79 Å². The summed E-state index contributed by atoms with van der Waals surface area (Å²) in [5.74, 6) is 0. The molecule has 2 nitrogen and oxygen atoms in total. The second-order valence-electron chi connectivity index (χ2n) is 2.98. The molecule has 1 saturated heterocycles. The van der Waals surface area contributed by atoms with Gasteiger partial charge in [-0.1, -0.05) is 12.5 Å². The zero-order valence-corrected chi connectivity index (χ0v) is 6.83. The summed E-state index contributed by atoms with van der Waals surface area (Å²) >= 11 is 0. The molecule has 1 fully saturated rings. The highest BCUT2D eigenvalue weighted by molar-refractivity contribution is 5.57. The number of aldehydes is 1. The van der Waals surface area contributed by atoms with Crippen molar-refractivity contribution in [2.75, 3.05) is 13.1 Å². The van der Waals surface area contributed by atoms with E-state index in [1.54, 1.807) is 0 Å². The predicted octanol–water partition coefficient (Wildman–Crippen LogP) is 1.23. The van der Waals surface area contributed by atoms with Gasteiger partial charge in [0.2, 0.25) is 0 Å². The maximum Gasteiger partial charge on any atom is 0.137 e. The minimum atomic E-state index is 0.154. The molecule has 0 saturated carbocycles. The largest absolute Gasteiger partial charge is 0.302 e. The lowest BCUT2D eigenvalue weighted by molar-refractivity contribution is -0.113. The van der Waals surface area contributed by atoms with Crippen molar-refractivity contribution in [3.8, 4) is 0 Å². The molecule has 1 heterocycles. The number of likely N-dealkylation sites (tertiary alicyclic amines) is 1. The number of carbonyl (C=O) groups is 1. The van der Waals surface area contributed by atoms with Crippen molar-refractivity contribution < 1.29 is 4.79 Å². The molecular formula is C9H15NO. The van der Waals surface area contributed by atoms with Crippen LogP contribution < -0.4 is 0 Å². The summed E-state index contributed by atoms with van der Waals surface area (Å²) in [6.07, 6.45) is 6.36. The topological polar surface area (TPSA) is 20.3 Å². The lowest BCUT2D eigenvalue weighted by atomic mass is 10.0. The van der Waals surface area contributed by atoms with Crippen molar-refractivity contribution in [3.63, 3.8) is 0 Å². The van der Waals surface area contributed by atoms with Crippen molar-refractivity contribution in [3.05, 3.63) is 12.7 Å². The summed E-state index contributed by atoms with van der Waals surface area (Å²) in [7, 11) is 0. The van der Waals surface area contributed by atoms with E-state index in [-0.39, 0.29) is 6.04 Å². The number of hydrogen-bond acceptors (Lipinski definition) is 2. The Morgan fingerprint density at radius 1 is 1.55 bits per heavy atom. The van der Waals surface area contributed by atoms with Crippen molar-refractivity contribution in [1.82, 2.24) is 4.90 Å². The smallest absolute Gasteiger partial charge is 0.137 e. The zero-order valence-electron chi connectivity index (χ0n) is 6.83. The van der Waals surface area contributed by atoms with Crippen LogP contribution in [0.2, 0.25) is 0 Å². The fraction of sp³-hybridized carbons (Fsp3) is 0.667. The molecule has 11 heavy (non-hydrogen) atoms. The lowest BCUT2D eigenvalue weighted by Gasteiger charge is -2.30. The van der Waals surface area contributed by atoms with Crippen LogP contribution in [-0.4, -0.2) is 30.3 Å². The number of carbonyl (C=O) groups excluding carboxylic acids is 1. The Labute approximate surface area is 67.9 Å².